The maximum Gasteiger partial charge on any atom is 0.249 e. The Morgan fingerprint density at radius 3 is 1.78 bits per heavy atom. The Hall–Kier alpha value is -1.91. The summed E-state index contributed by atoms with van der Waals surface area (Å²) in [6.45, 7) is 4.15. The van der Waals surface area contributed by atoms with Gasteiger partial charge in [0.15, 0.2) is 7.14 Å². The van der Waals surface area contributed by atoms with E-state index < -0.39 is 13.0 Å². The number of carbonyl (C=O) groups excluding carboxylic acids is 1. The predicted octanol–water partition coefficient (Wildman–Crippen LogP) is 4.10. The fourth-order valence-corrected chi connectivity index (χ4v) is 6.29. The lowest BCUT2D eigenvalue weighted by Crippen LogP contribution is -2.31. The zero-order valence-corrected chi connectivity index (χ0v) is 18.3. The third kappa shape index (κ3) is 3.87. The molecule has 3 rings (SSSR count). The Morgan fingerprint density at radius 2 is 1.37 bits per heavy atom. The van der Waals surface area contributed by atoms with Gasteiger partial charge < -0.3 is 10.3 Å². The van der Waals surface area contributed by atoms with E-state index in [9.17, 15) is 9.36 Å². The minimum atomic E-state index is -3.27. The van der Waals surface area contributed by atoms with Gasteiger partial charge in [0.05, 0.1) is 5.56 Å². The van der Waals surface area contributed by atoms with E-state index in [-0.39, 0.29) is 3.42 Å². The van der Waals surface area contributed by atoms with Crippen LogP contribution in [0.4, 0.5) is 0 Å². The molecule has 0 aliphatic carbocycles. The minimum absolute atomic E-state index is 0.180. The number of hydrogen-bond acceptors (Lipinski definition) is 2. The Bertz CT molecular complexity index is 968. The smallest absolute Gasteiger partial charge is 0.249 e. The molecule has 3 aromatic carbocycles. The molecular formula is C22H21INO2P. The van der Waals surface area contributed by atoms with Gasteiger partial charge in [-0.25, -0.2) is 0 Å². The Balaban J connectivity index is 2.40. The summed E-state index contributed by atoms with van der Waals surface area (Å²) in [5.41, 5.74) is 6.96. The van der Waals surface area contributed by atoms with Crippen molar-refractivity contribution in [3.63, 3.8) is 0 Å². The van der Waals surface area contributed by atoms with Crippen LogP contribution in [0.5, 0.6) is 0 Å². The maximum absolute atomic E-state index is 14.6. The first kappa shape index (κ1) is 19.8. The molecule has 0 aliphatic rings. The van der Waals surface area contributed by atoms with Gasteiger partial charge in [-0.1, -0.05) is 89.3 Å². The van der Waals surface area contributed by atoms with Crippen LogP contribution in [0.25, 0.3) is 0 Å². The molecule has 5 heteroatoms. The molecule has 1 amide bonds. The molecule has 0 aromatic heterocycles. The molecule has 138 valence electrons. The number of primary amides is 1. The van der Waals surface area contributed by atoms with Crippen molar-refractivity contribution >= 4 is 51.6 Å². The van der Waals surface area contributed by atoms with E-state index in [1.165, 1.54) is 0 Å². The molecule has 0 atom stereocenters. The molecule has 3 aromatic rings. The molecule has 0 aliphatic heterocycles. The van der Waals surface area contributed by atoms with Crippen LogP contribution in [0.2, 0.25) is 0 Å². The van der Waals surface area contributed by atoms with Crippen molar-refractivity contribution < 1.29 is 9.36 Å². The number of carbonyl (C=O) groups is 1. The van der Waals surface area contributed by atoms with E-state index in [2.05, 4.69) is 36.4 Å². The summed E-state index contributed by atoms with van der Waals surface area (Å²) in [6, 6.07) is 24.1. The minimum Gasteiger partial charge on any atom is -0.366 e. The van der Waals surface area contributed by atoms with Gasteiger partial charge in [0.1, 0.15) is 0 Å². The highest BCUT2D eigenvalue weighted by Gasteiger charge is 2.34. The summed E-state index contributed by atoms with van der Waals surface area (Å²) in [4.78, 5) is 12.2. The van der Waals surface area contributed by atoms with Crippen LogP contribution in [0.15, 0.2) is 78.9 Å². The van der Waals surface area contributed by atoms with Gasteiger partial charge >= 0.3 is 0 Å². The normalized spacial score (nSPS) is 12.0. The highest BCUT2D eigenvalue weighted by molar-refractivity contribution is 14.1. The van der Waals surface area contributed by atoms with E-state index in [0.717, 1.165) is 5.56 Å². The number of halogens is 1. The van der Waals surface area contributed by atoms with Crippen LogP contribution in [0.3, 0.4) is 0 Å². The van der Waals surface area contributed by atoms with E-state index in [4.69, 9.17) is 5.73 Å². The van der Waals surface area contributed by atoms with Crippen molar-refractivity contribution in [2.45, 2.75) is 17.3 Å². The van der Waals surface area contributed by atoms with E-state index >= 15 is 0 Å². The Labute approximate surface area is 173 Å². The zero-order valence-electron chi connectivity index (χ0n) is 15.2. The summed E-state index contributed by atoms with van der Waals surface area (Å²) >= 11 is 2.34. The largest absolute Gasteiger partial charge is 0.366 e. The Morgan fingerprint density at radius 1 is 0.889 bits per heavy atom. The first-order valence-corrected chi connectivity index (χ1v) is 11.4. The van der Waals surface area contributed by atoms with Crippen molar-refractivity contribution in [1.82, 2.24) is 0 Å². The van der Waals surface area contributed by atoms with E-state index in [1.807, 2.05) is 72.8 Å². The molecule has 0 saturated carbocycles. The van der Waals surface area contributed by atoms with Crippen LogP contribution in [-0.4, -0.2) is 5.91 Å². The molecule has 0 unspecified atom stereocenters. The fourth-order valence-electron chi connectivity index (χ4n) is 3.07. The number of hydrogen-bond donors (Lipinski definition) is 1. The van der Waals surface area contributed by atoms with Crippen LogP contribution >= 0.6 is 29.7 Å². The highest BCUT2D eigenvalue weighted by atomic mass is 127. The lowest BCUT2D eigenvalue weighted by molar-refractivity contribution is 0.100. The van der Waals surface area contributed by atoms with Crippen LogP contribution in [-0.2, 0) is 7.99 Å². The Kier molecular flexibility index (Phi) is 5.59. The summed E-state index contributed by atoms with van der Waals surface area (Å²) in [5, 5.41) is 1.86. The third-order valence-corrected chi connectivity index (χ3v) is 8.25. The first-order chi connectivity index (χ1) is 12.7. The number of amides is 1. The third-order valence-electron chi connectivity index (χ3n) is 4.53. The van der Waals surface area contributed by atoms with Gasteiger partial charge in [-0.3, -0.25) is 4.79 Å². The van der Waals surface area contributed by atoms with Crippen molar-refractivity contribution in [2.24, 2.45) is 5.73 Å². The number of rotatable bonds is 5. The SMILES string of the molecule is CC(C)(I)c1ccc(C(N)=O)c(P(=O)(c2ccccc2)c2ccccc2)c1. The van der Waals surface area contributed by atoms with Crippen LogP contribution in [0, 0.1) is 0 Å². The lowest BCUT2D eigenvalue weighted by Gasteiger charge is -2.25. The summed E-state index contributed by atoms with van der Waals surface area (Å²) in [7, 11) is -3.27. The first-order valence-electron chi connectivity index (χ1n) is 8.59. The molecule has 3 nitrogen and oxygen atoms in total. The number of alkyl halides is 1. The van der Waals surface area contributed by atoms with Gasteiger partial charge in [-0.05, 0) is 31.5 Å². The van der Waals surface area contributed by atoms with E-state index in [0.29, 0.717) is 21.5 Å². The van der Waals surface area contributed by atoms with Gasteiger partial charge in [0.2, 0.25) is 5.91 Å². The second-order valence-corrected chi connectivity index (χ2v) is 12.3. The van der Waals surface area contributed by atoms with Gasteiger partial charge in [-0.15, -0.1) is 0 Å². The summed E-state index contributed by atoms with van der Waals surface area (Å²) < 4.78 is 14.4. The molecular weight excluding hydrogens is 468 g/mol. The molecule has 0 bridgehead atoms. The monoisotopic (exact) mass is 489 g/mol. The van der Waals surface area contributed by atoms with Crippen LogP contribution < -0.4 is 21.6 Å². The van der Waals surface area contributed by atoms with Crippen molar-refractivity contribution in [3.8, 4) is 0 Å². The average molecular weight is 489 g/mol. The molecule has 0 radical (unpaired) electrons. The molecule has 0 saturated heterocycles. The summed E-state index contributed by atoms with van der Waals surface area (Å²) in [6.07, 6.45) is 0. The molecule has 0 spiro atoms. The molecule has 27 heavy (non-hydrogen) atoms. The van der Waals surface area contributed by atoms with Crippen molar-refractivity contribution in [3.05, 3.63) is 90.0 Å². The standard InChI is InChI=1S/C22H21INO2P/c1-22(2,23)16-13-14-19(21(24)25)20(15-16)27(26,17-9-5-3-6-10-17)18-11-7-4-8-12-18/h3-15H,1-2H3,(H2,24,25). The van der Waals surface area contributed by atoms with Crippen molar-refractivity contribution in [2.75, 3.05) is 0 Å². The highest BCUT2D eigenvalue weighted by Crippen LogP contribution is 2.44. The van der Waals surface area contributed by atoms with Gasteiger partial charge in [0, 0.05) is 19.3 Å². The zero-order chi connectivity index (χ0) is 19.7. The second-order valence-electron chi connectivity index (χ2n) is 6.85. The number of benzene rings is 3. The molecule has 2 N–H and O–H groups in total. The average Bonchev–Trinajstić information content (AvgIpc) is 2.67. The predicted molar refractivity (Wildman–Crippen MR) is 121 cm³/mol. The fraction of sp³-hybridized carbons (Fsp3) is 0.136. The van der Waals surface area contributed by atoms with Crippen LogP contribution in [0.1, 0.15) is 29.8 Å². The van der Waals surface area contributed by atoms with Gasteiger partial charge in [-0.2, -0.15) is 0 Å². The van der Waals surface area contributed by atoms with E-state index in [1.54, 1.807) is 6.07 Å². The lowest BCUT2D eigenvalue weighted by atomic mass is 10.0. The van der Waals surface area contributed by atoms with Gasteiger partial charge in [0.25, 0.3) is 0 Å². The quantitative estimate of drug-likeness (QED) is 0.334. The molecule has 0 fully saturated rings. The maximum atomic E-state index is 14.6. The second kappa shape index (κ2) is 7.61. The topological polar surface area (TPSA) is 60.2 Å². The summed E-state index contributed by atoms with van der Waals surface area (Å²) in [5.74, 6) is -0.574. The van der Waals surface area contributed by atoms with Crippen molar-refractivity contribution in [1.29, 1.82) is 0 Å². The number of nitrogens with two attached hydrogens (primary N) is 1. The molecule has 0 heterocycles.